The highest BCUT2D eigenvalue weighted by Crippen LogP contribution is 2.08. The van der Waals surface area contributed by atoms with E-state index >= 15 is 0 Å². The number of aromatic nitrogens is 1. The standard InChI is InChI=1S/C14H17N3O2/c1-2-4-13(18)16-7-9-17(10-8-16)14(19)12-5-3-6-15-11-12/h2-6,11H,7-10H2,1H3/b4-2+. The van der Waals surface area contributed by atoms with Gasteiger partial charge in [0.25, 0.3) is 5.91 Å². The summed E-state index contributed by atoms with van der Waals surface area (Å²) in [6, 6.07) is 3.51. The molecule has 5 nitrogen and oxygen atoms in total. The molecule has 1 aromatic heterocycles. The molecule has 0 aromatic carbocycles. The van der Waals surface area contributed by atoms with Gasteiger partial charge in [-0.1, -0.05) is 6.08 Å². The number of hydrogen-bond donors (Lipinski definition) is 0. The van der Waals surface area contributed by atoms with Crippen LogP contribution in [0.15, 0.2) is 36.7 Å². The van der Waals surface area contributed by atoms with Crippen LogP contribution in [0.2, 0.25) is 0 Å². The third-order valence-electron chi connectivity index (χ3n) is 3.10. The summed E-state index contributed by atoms with van der Waals surface area (Å²) in [5.74, 6) is -0.0118. The lowest BCUT2D eigenvalue weighted by Crippen LogP contribution is -2.50. The van der Waals surface area contributed by atoms with Crippen molar-refractivity contribution in [3.05, 3.63) is 42.2 Å². The molecule has 1 aliphatic rings. The van der Waals surface area contributed by atoms with Crippen molar-refractivity contribution in [1.29, 1.82) is 0 Å². The Labute approximate surface area is 112 Å². The number of carbonyl (C=O) groups excluding carboxylic acids is 2. The van der Waals surface area contributed by atoms with Gasteiger partial charge in [-0.15, -0.1) is 0 Å². The second kappa shape index (κ2) is 6.13. The van der Waals surface area contributed by atoms with Crippen LogP contribution in [0, 0.1) is 0 Å². The third-order valence-corrected chi connectivity index (χ3v) is 3.10. The van der Waals surface area contributed by atoms with Crippen molar-refractivity contribution in [2.24, 2.45) is 0 Å². The fourth-order valence-corrected chi connectivity index (χ4v) is 2.05. The normalized spacial score (nSPS) is 15.8. The van der Waals surface area contributed by atoms with Gasteiger partial charge in [-0.05, 0) is 25.1 Å². The van der Waals surface area contributed by atoms with E-state index in [-0.39, 0.29) is 11.8 Å². The number of rotatable bonds is 2. The molecule has 0 N–H and O–H groups in total. The molecular formula is C14H17N3O2. The van der Waals surface area contributed by atoms with Crippen molar-refractivity contribution in [1.82, 2.24) is 14.8 Å². The van der Waals surface area contributed by atoms with E-state index in [2.05, 4.69) is 4.98 Å². The Morgan fingerprint density at radius 1 is 1.21 bits per heavy atom. The highest BCUT2D eigenvalue weighted by molar-refractivity contribution is 5.94. The van der Waals surface area contributed by atoms with Crippen LogP contribution in [0.4, 0.5) is 0 Å². The predicted octanol–water partition coefficient (Wildman–Crippen LogP) is 0.942. The molecule has 100 valence electrons. The van der Waals surface area contributed by atoms with Crippen molar-refractivity contribution in [2.45, 2.75) is 6.92 Å². The van der Waals surface area contributed by atoms with Crippen LogP contribution >= 0.6 is 0 Å². The summed E-state index contributed by atoms with van der Waals surface area (Å²) >= 11 is 0. The lowest BCUT2D eigenvalue weighted by Gasteiger charge is -2.34. The molecule has 0 saturated carbocycles. The van der Waals surface area contributed by atoms with Crippen molar-refractivity contribution >= 4 is 11.8 Å². The second-order valence-corrected chi connectivity index (χ2v) is 4.36. The van der Waals surface area contributed by atoms with Crippen LogP contribution in [0.1, 0.15) is 17.3 Å². The van der Waals surface area contributed by atoms with Gasteiger partial charge < -0.3 is 9.80 Å². The van der Waals surface area contributed by atoms with Crippen LogP contribution in [-0.4, -0.2) is 52.8 Å². The minimum absolute atomic E-state index is 0.0102. The molecule has 1 aromatic rings. The zero-order chi connectivity index (χ0) is 13.7. The SMILES string of the molecule is C/C=C/C(=O)N1CCN(C(=O)c2cccnc2)CC1. The number of hydrogen-bond acceptors (Lipinski definition) is 3. The maximum atomic E-state index is 12.2. The molecule has 1 saturated heterocycles. The molecule has 0 atom stereocenters. The average Bonchev–Trinajstić information content (AvgIpc) is 2.48. The Hall–Kier alpha value is -2.17. The number of nitrogens with zero attached hydrogens (tertiary/aromatic N) is 3. The molecule has 0 unspecified atom stereocenters. The maximum Gasteiger partial charge on any atom is 0.255 e. The number of carbonyl (C=O) groups is 2. The van der Waals surface area contributed by atoms with E-state index in [1.807, 2.05) is 6.92 Å². The number of amides is 2. The van der Waals surface area contributed by atoms with E-state index in [1.165, 1.54) is 0 Å². The summed E-state index contributed by atoms with van der Waals surface area (Å²) in [6.07, 6.45) is 6.50. The van der Waals surface area contributed by atoms with Crippen molar-refractivity contribution in [3.63, 3.8) is 0 Å². The van der Waals surface area contributed by atoms with Crippen molar-refractivity contribution < 1.29 is 9.59 Å². The van der Waals surface area contributed by atoms with Gasteiger partial charge in [-0.2, -0.15) is 0 Å². The van der Waals surface area contributed by atoms with E-state index in [0.717, 1.165) is 0 Å². The first-order valence-electron chi connectivity index (χ1n) is 6.33. The van der Waals surface area contributed by atoms with Gasteiger partial charge in [0.05, 0.1) is 5.56 Å². The van der Waals surface area contributed by atoms with Crippen molar-refractivity contribution in [3.8, 4) is 0 Å². The zero-order valence-electron chi connectivity index (χ0n) is 11.0. The molecule has 0 spiro atoms. The first-order chi connectivity index (χ1) is 9.22. The molecule has 5 heteroatoms. The van der Waals surface area contributed by atoms with Gasteiger partial charge in [0.15, 0.2) is 0 Å². The van der Waals surface area contributed by atoms with E-state index in [9.17, 15) is 9.59 Å². The topological polar surface area (TPSA) is 53.5 Å². The lowest BCUT2D eigenvalue weighted by atomic mass is 10.2. The predicted molar refractivity (Wildman–Crippen MR) is 71.5 cm³/mol. The fourth-order valence-electron chi connectivity index (χ4n) is 2.05. The smallest absolute Gasteiger partial charge is 0.255 e. The molecule has 0 bridgehead atoms. The Morgan fingerprint density at radius 3 is 2.47 bits per heavy atom. The summed E-state index contributed by atoms with van der Waals surface area (Å²) < 4.78 is 0. The minimum atomic E-state index is -0.0220. The minimum Gasteiger partial charge on any atom is -0.336 e. The Kier molecular flexibility index (Phi) is 4.28. The Bertz CT molecular complexity index is 477. The van der Waals surface area contributed by atoms with E-state index in [4.69, 9.17) is 0 Å². The molecule has 0 radical (unpaired) electrons. The highest BCUT2D eigenvalue weighted by atomic mass is 16.2. The molecule has 2 rings (SSSR count). The van der Waals surface area contributed by atoms with Gasteiger partial charge in [0.1, 0.15) is 0 Å². The number of piperazine rings is 1. The molecule has 19 heavy (non-hydrogen) atoms. The zero-order valence-corrected chi connectivity index (χ0v) is 11.0. The molecular weight excluding hydrogens is 242 g/mol. The first kappa shape index (κ1) is 13.3. The van der Waals surface area contributed by atoms with Gasteiger partial charge in [-0.25, -0.2) is 0 Å². The number of allylic oxidation sites excluding steroid dienone is 1. The van der Waals surface area contributed by atoms with Crippen LogP contribution in [0.5, 0.6) is 0 Å². The largest absolute Gasteiger partial charge is 0.336 e. The summed E-state index contributed by atoms with van der Waals surface area (Å²) in [6.45, 7) is 4.11. The maximum absolute atomic E-state index is 12.2. The summed E-state index contributed by atoms with van der Waals surface area (Å²) in [7, 11) is 0. The number of pyridine rings is 1. The molecule has 1 fully saturated rings. The average molecular weight is 259 g/mol. The Balaban J connectivity index is 1.93. The van der Waals surface area contributed by atoms with Gasteiger partial charge in [-0.3, -0.25) is 14.6 Å². The van der Waals surface area contributed by atoms with Gasteiger partial charge in [0.2, 0.25) is 5.91 Å². The van der Waals surface area contributed by atoms with E-state index < -0.39 is 0 Å². The molecule has 1 aliphatic heterocycles. The molecule has 0 aliphatic carbocycles. The lowest BCUT2D eigenvalue weighted by molar-refractivity contribution is -0.127. The van der Waals surface area contributed by atoms with Gasteiger partial charge >= 0.3 is 0 Å². The summed E-state index contributed by atoms with van der Waals surface area (Å²) in [5, 5.41) is 0. The second-order valence-electron chi connectivity index (χ2n) is 4.36. The van der Waals surface area contributed by atoms with E-state index in [0.29, 0.717) is 31.7 Å². The quantitative estimate of drug-likeness (QED) is 0.743. The summed E-state index contributed by atoms with van der Waals surface area (Å²) in [5.41, 5.74) is 0.593. The third kappa shape index (κ3) is 3.19. The van der Waals surface area contributed by atoms with Crippen LogP contribution < -0.4 is 0 Å². The van der Waals surface area contributed by atoms with Gasteiger partial charge in [0, 0.05) is 38.6 Å². The van der Waals surface area contributed by atoms with Crippen LogP contribution in [0.25, 0.3) is 0 Å². The van der Waals surface area contributed by atoms with Crippen molar-refractivity contribution in [2.75, 3.05) is 26.2 Å². The molecule has 2 heterocycles. The monoisotopic (exact) mass is 259 g/mol. The van der Waals surface area contributed by atoms with Crippen LogP contribution in [0.3, 0.4) is 0 Å². The summed E-state index contributed by atoms with van der Waals surface area (Å²) in [4.78, 5) is 31.3. The molecule has 2 amide bonds. The highest BCUT2D eigenvalue weighted by Gasteiger charge is 2.23. The Morgan fingerprint density at radius 2 is 1.89 bits per heavy atom. The van der Waals surface area contributed by atoms with Crippen LogP contribution in [-0.2, 0) is 4.79 Å². The fraction of sp³-hybridized carbons (Fsp3) is 0.357. The van der Waals surface area contributed by atoms with E-state index in [1.54, 1.807) is 46.5 Å². The first-order valence-corrected chi connectivity index (χ1v) is 6.33.